The monoisotopic (exact) mass is 292 g/mol. The number of hydrogen-bond donors (Lipinski definition) is 0. The topological polar surface area (TPSA) is 34.0 Å². The SMILES string of the molecule is Fc1cc(-n2cccn2)ccc1N1CC=Cc2cnccc21. The van der Waals surface area contributed by atoms with E-state index in [1.165, 1.54) is 6.07 Å². The standard InChI is InChI=1S/C17H13FN4/c18-15-11-14(22-10-2-7-20-22)4-5-17(15)21-9-1-3-13-12-19-8-6-16(13)21/h1-8,10-12H,9H2. The lowest BCUT2D eigenvalue weighted by Gasteiger charge is -2.28. The zero-order chi connectivity index (χ0) is 14.9. The van der Waals surface area contributed by atoms with Crippen molar-refractivity contribution < 1.29 is 4.39 Å². The summed E-state index contributed by atoms with van der Waals surface area (Å²) in [5.41, 5.74) is 3.20. The lowest BCUT2D eigenvalue weighted by atomic mass is 10.1. The molecular formula is C17H13FN4. The second-order valence-electron chi connectivity index (χ2n) is 5.03. The van der Waals surface area contributed by atoms with Crippen LogP contribution >= 0.6 is 0 Å². The van der Waals surface area contributed by atoms with Gasteiger partial charge in [-0.1, -0.05) is 12.2 Å². The Labute approximate surface area is 127 Å². The lowest BCUT2D eigenvalue weighted by Crippen LogP contribution is -2.21. The van der Waals surface area contributed by atoms with Crippen LogP contribution in [0.4, 0.5) is 15.8 Å². The average molecular weight is 292 g/mol. The van der Waals surface area contributed by atoms with Crippen molar-refractivity contribution in [3.05, 3.63) is 72.6 Å². The molecule has 0 radical (unpaired) electrons. The van der Waals surface area contributed by atoms with E-state index in [0.29, 0.717) is 17.9 Å². The van der Waals surface area contributed by atoms with Crippen molar-refractivity contribution in [1.29, 1.82) is 0 Å². The molecule has 1 aliphatic heterocycles. The minimum absolute atomic E-state index is 0.272. The zero-order valence-electron chi connectivity index (χ0n) is 11.7. The highest BCUT2D eigenvalue weighted by Gasteiger charge is 2.18. The number of benzene rings is 1. The van der Waals surface area contributed by atoms with Crippen molar-refractivity contribution >= 4 is 17.5 Å². The van der Waals surface area contributed by atoms with Crippen LogP contribution in [0.5, 0.6) is 0 Å². The molecule has 0 saturated heterocycles. The molecule has 0 bridgehead atoms. The summed E-state index contributed by atoms with van der Waals surface area (Å²) in [6.45, 7) is 0.634. The molecule has 5 heteroatoms. The molecule has 22 heavy (non-hydrogen) atoms. The zero-order valence-corrected chi connectivity index (χ0v) is 11.7. The van der Waals surface area contributed by atoms with Crippen molar-refractivity contribution in [3.63, 3.8) is 0 Å². The minimum atomic E-state index is -0.272. The summed E-state index contributed by atoms with van der Waals surface area (Å²) in [7, 11) is 0. The van der Waals surface area contributed by atoms with Crippen molar-refractivity contribution in [2.75, 3.05) is 11.4 Å². The molecule has 0 saturated carbocycles. The third-order valence-electron chi connectivity index (χ3n) is 3.70. The molecule has 3 heterocycles. The highest BCUT2D eigenvalue weighted by Crippen LogP contribution is 2.33. The third-order valence-corrected chi connectivity index (χ3v) is 3.70. The van der Waals surface area contributed by atoms with Crippen molar-refractivity contribution in [2.45, 2.75) is 0 Å². The number of nitrogens with zero attached hydrogens (tertiary/aromatic N) is 4. The molecule has 1 aliphatic rings. The smallest absolute Gasteiger partial charge is 0.148 e. The van der Waals surface area contributed by atoms with Crippen molar-refractivity contribution in [3.8, 4) is 5.69 Å². The van der Waals surface area contributed by atoms with E-state index in [1.807, 2.05) is 35.3 Å². The lowest BCUT2D eigenvalue weighted by molar-refractivity contribution is 0.624. The van der Waals surface area contributed by atoms with Gasteiger partial charge in [-0.2, -0.15) is 5.10 Å². The van der Waals surface area contributed by atoms with Gasteiger partial charge in [-0.15, -0.1) is 0 Å². The summed E-state index contributed by atoms with van der Waals surface area (Å²) in [6.07, 6.45) is 11.0. The fraction of sp³-hybridized carbons (Fsp3) is 0.0588. The summed E-state index contributed by atoms with van der Waals surface area (Å²) < 4.78 is 16.2. The highest BCUT2D eigenvalue weighted by atomic mass is 19.1. The van der Waals surface area contributed by atoms with Gasteiger partial charge in [0.15, 0.2) is 0 Å². The van der Waals surface area contributed by atoms with Gasteiger partial charge in [-0.3, -0.25) is 4.98 Å². The first-order valence-electron chi connectivity index (χ1n) is 7.00. The van der Waals surface area contributed by atoms with Crippen LogP contribution in [-0.4, -0.2) is 21.3 Å². The summed E-state index contributed by atoms with van der Waals surface area (Å²) in [5.74, 6) is -0.272. The van der Waals surface area contributed by atoms with Gasteiger partial charge in [0.1, 0.15) is 5.82 Å². The van der Waals surface area contributed by atoms with Crippen LogP contribution in [0.2, 0.25) is 0 Å². The van der Waals surface area contributed by atoms with Crippen LogP contribution < -0.4 is 4.90 Å². The molecule has 0 atom stereocenters. The normalized spacial score (nSPS) is 13.2. The Bertz CT molecular complexity index is 840. The van der Waals surface area contributed by atoms with Gasteiger partial charge in [0, 0.05) is 43.0 Å². The van der Waals surface area contributed by atoms with Gasteiger partial charge < -0.3 is 4.90 Å². The predicted molar refractivity (Wildman–Crippen MR) is 83.8 cm³/mol. The summed E-state index contributed by atoms with van der Waals surface area (Å²) >= 11 is 0. The first kappa shape index (κ1) is 12.8. The Hall–Kier alpha value is -2.95. The number of anilines is 2. The average Bonchev–Trinajstić information content (AvgIpc) is 3.09. The summed E-state index contributed by atoms with van der Waals surface area (Å²) in [6, 6.07) is 8.87. The third kappa shape index (κ3) is 2.07. The Morgan fingerprint density at radius 2 is 2.05 bits per heavy atom. The van der Waals surface area contributed by atoms with Gasteiger partial charge in [-0.25, -0.2) is 9.07 Å². The number of rotatable bonds is 2. The van der Waals surface area contributed by atoms with Crippen LogP contribution in [-0.2, 0) is 0 Å². The van der Waals surface area contributed by atoms with Gasteiger partial charge in [0.25, 0.3) is 0 Å². The second-order valence-corrected chi connectivity index (χ2v) is 5.03. The Balaban J connectivity index is 1.76. The van der Waals surface area contributed by atoms with E-state index in [1.54, 1.807) is 35.5 Å². The van der Waals surface area contributed by atoms with Gasteiger partial charge >= 0.3 is 0 Å². The van der Waals surface area contributed by atoms with E-state index in [2.05, 4.69) is 10.1 Å². The van der Waals surface area contributed by atoms with Gasteiger partial charge in [-0.05, 0) is 24.3 Å². The Kier molecular flexibility index (Phi) is 2.96. The molecule has 108 valence electrons. The number of hydrogen-bond acceptors (Lipinski definition) is 3. The molecule has 0 amide bonds. The first-order chi connectivity index (χ1) is 10.8. The molecule has 0 aliphatic carbocycles. The molecule has 1 aromatic carbocycles. The molecule has 3 aromatic rings. The molecule has 0 unspecified atom stereocenters. The van der Waals surface area contributed by atoms with Gasteiger partial charge in [0.2, 0.25) is 0 Å². The van der Waals surface area contributed by atoms with Crippen molar-refractivity contribution in [2.24, 2.45) is 0 Å². The van der Waals surface area contributed by atoms with E-state index in [9.17, 15) is 4.39 Å². The molecular weight excluding hydrogens is 279 g/mol. The molecule has 0 spiro atoms. The van der Waals surface area contributed by atoms with Crippen LogP contribution in [0, 0.1) is 5.82 Å². The fourth-order valence-electron chi connectivity index (χ4n) is 2.66. The summed E-state index contributed by atoms with van der Waals surface area (Å²) in [4.78, 5) is 6.06. The van der Waals surface area contributed by atoms with E-state index < -0.39 is 0 Å². The van der Waals surface area contributed by atoms with Crippen LogP contribution in [0.1, 0.15) is 5.56 Å². The Morgan fingerprint density at radius 1 is 1.09 bits per heavy atom. The van der Waals surface area contributed by atoms with E-state index in [4.69, 9.17) is 0 Å². The molecule has 2 aromatic heterocycles. The van der Waals surface area contributed by atoms with Crippen molar-refractivity contribution in [1.82, 2.24) is 14.8 Å². The Morgan fingerprint density at radius 3 is 2.86 bits per heavy atom. The minimum Gasteiger partial charge on any atom is -0.335 e. The largest absolute Gasteiger partial charge is 0.335 e. The predicted octanol–water partition coefficient (Wildman–Crippen LogP) is 3.57. The van der Waals surface area contributed by atoms with Crippen LogP contribution in [0.25, 0.3) is 11.8 Å². The fourth-order valence-corrected chi connectivity index (χ4v) is 2.66. The molecule has 4 nitrogen and oxygen atoms in total. The van der Waals surface area contributed by atoms with E-state index >= 15 is 0 Å². The second kappa shape index (κ2) is 5.11. The number of pyridine rings is 1. The number of fused-ring (bicyclic) bond motifs is 1. The highest BCUT2D eigenvalue weighted by molar-refractivity contribution is 5.77. The van der Waals surface area contributed by atoms with Crippen LogP contribution in [0.15, 0.2) is 61.2 Å². The first-order valence-corrected chi connectivity index (χ1v) is 7.00. The molecule has 0 fully saturated rings. The molecule has 4 rings (SSSR count). The van der Waals surface area contributed by atoms with E-state index in [-0.39, 0.29) is 5.82 Å². The number of halogens is 1. The maximum absolute atomic E-state index is 14.6. The quantitative estimate of drug-likeness (QED) is 0.724. The number of aromatic nitrogens is 3. The maximum Gasteiger partial charge on any atom is 0.148 e. The molecule has 0 N–H and O–H groups in total. The van der Waals surface area contributed by atoms with E-state index in [0.717, 1.165) is 11.3 Å². The van der Waals surface area contributed by atoms with Crippen LogP contribution in [0.3, 0.4) is 0 Å². The van der Waals surface area contributed by atoms with Gasteiger partial charge in [0.05, 0.1) is 17.1 Å². The maximum atomic E-state index is 14.6. The summed E-state index contributed by atoms with van der Waals surface area (Å²) in [5, 5.41) is 4.12.